The molecule has 0 radical (unpaired) electrons. The van der Waals surface area contributed by atoms with Gasteiger partial charge in [0.15, 0.2) is 5.58 Å². The van der Waals surface area contributed by atoms with Crippen molar-refractivity contribution in [3.05, 3.63) is 59.1 Å². The molecule has 0 saturated carbocycles. The number of likely N-dealkylation sites (N-methyl/N-ethyl adjacent to an activating group) is 1. The summed E-state index contributed by atoms with van der Waals surface area (Å²) < 4.78 is 17.5. The number of methoxy groups -OCH3 is 1. The van der Waals surface area contributed by atoms with Crippen LogP contribution >= 0.6 is 0 Å². The topological polar surface area (TPSA) is 73.9 Å². The number of benzene rings is 2. The number of oxazole rings is 1. The van der Waals surface area contributed by atoms with Gasteiger partial charge in [-0.25, -0.2) is 4.79 Å². The van der Waals surface area contributed by atoms with E-state index in [2.05, 4.69) is 0 Å². The Labute approximate surface area is 163 Å². The molecule has 7 heteroatoms. The average Bonchev–Trinajstić information content (AvgIpc) is 3.03. The van der Waals surface area contributed by atoms with Crippen LogP contribution < -0.4 is 15.2 Å². The summed E-state index contributed by atoms with van der Waals surface area (Å²) in [5, 5.41) is 0. The Morgan fingerprint density at radius 2 is 1.82 bits per heavy atom. The maximum Gasteiger partial charge on any atom is 0.419 e. The molecular formula is C21H24N2O5. The molecule has 0 aliphatic heterocycles. The molecule has 0 fully saturated rings. The number of aromatic nitrogens is 1. The van der Waals surface area contributed by atoms with Gasteiger partial charge in [-0.2, -0.15) is 0 Å². The molecule has 0 aliphatic carbocycles. The molecule has 3 aromatic rings. The lowest BCUT2D eigenvalue weighted by Crippen LogP contribution is -2.31. The second-order valence-electron chi connectivity index (χ2n) is 6.43. The predicted molar refractivity (Wildman–Crippen MR) is 106 cm³/mol. The third-order valence-electron chi connectivity index (χ3n) is 4.53. The van der Waals surface area contributed by atoms with Crippen molar-refractivity contribution in [2.75, 3.05) is 27.3 Å². The van der Waals surface area contributed by atoms with Crippen molar-refractivity contribution in [2.45, 2.75) is 19.4 Å². The first kappa shape index (κ1) is 19.5. The summed E-state index contributed by atoms with van der Waals surface area (Å²) in [6.07, 6.45) is 0.914. The summed E-state index contributed by atoms with van der Waals surface area (Å²) in [6, 6.07) is 14.6. The molecule has 1 amide bonds. The van der Waals surface area contributed by atoms with Crippen LogP contribution in [0.3, 0.4) is 0 Å². The Morgan fingerprint density at radius 3 is 2.57 bits per heavy atom. The fraction of sp³-hybridized carbons (Fsp3) is 0.333. The molecule has 7 nitrogen and oxygen atoms in total. The zero-order chi connectivity index (χ0) is 19.9. The minimum atomic E-state index is -0.394. The molecule has 0 aliphatic rings. The zero-order valence-electron chi connectivity index (χ0n) is 16.1. The second kappa shape index (κ2) is 9.12. The molecule has 0 N–H and O–H groups in total. The van der Waals surface area contributed by atoms with Crippen molar-refractivity contribution >= 4 is 17.0 Å². The van der Waals surface area contributed by atoms with Gasteiger partial charge in [-0.05, 0) is 42.8 Å². The highest BCUT2D eigenvalue weighted by Crippen LogP contribution is 2.17. The largest absolute Gasteiger partial charge is 0.497 e. The van der Waals surface area contributed by atoms with E-state index in [1.165, 1.54) is 0 Å². The third-order valence-corrected chi connectivity index (χ3v) is 4.53. The second-order valence-corrected chi connectivity index (χ2v) is 6.43. The van der Waals surface area contributed by atoms with Crippen LogP contribution in [0.2, 0.25) is 0 Å². The lowest BCUT2D eigenvalue weighted by Gasteiger charge is -2.17. The van der Waals surface area contributed by atoms with Crippen LogP contribution in [0.5, 0.6) is 11.5 Å². The fourth-order valence-electron chi connectivity index (χ4n) is 2.90. The van der Waals surface area contributed by atoms with Crippen LogP contribution in [0, 0.1) is 0 Å². The van der Waals surface area contributed by atoms with Crippen LogP contribution in [0.25, 0.3) is 11.1 Å². The predicted octanol–water partition coefficient (Wildman–Crippen LogP) is 2.92. The molecule has 0 atom stereocenters. The molecule has 0 spiro atoms. The lowest BCUT2D eigenvalue weighted by molar-refractivity contribution is -0.130. The van der Waals surface area contributed by atoms with Gasteiger partial charge in [-0.15, -0.1) is 0 Å². The number of hydrogen-bond acceptors (Lipinski definition) is 5. The van der Waals surface area contributed by atoms with E-state index in [0.29, 0.717) is 38.1 Å². The lowest BCUT2D eigenvalue weighted by atomic mass is 10.2. The SMILES string of the molecule is COc1ccc(OCCN(C)C(=O)CCCn2c(=O)oc3ccccc32)cc1. The number of fused-ring (bicyclic) bond motifs is 1. The van der Waals surface area contributed by atoms with E-state index in [9.17, 15) is 9.59 Å². The summed E-state index contributed by atoms with van der Waals surface area (Å²) in [4.78, 5) is 25.9. The van der Waals surface area contributed by atoms with Gasteiger partial charge in [-0.1, -0.05) is 12.1 Å². The Hall–Kier alpha value is -3.22. The molecule has 1 heterocycles. The van der Waals surface area contributed by atoms with E-state index in [-0.39, 0.29) is 5.91 Å². The number of carbonyl (C=O) groups excluding carboxylic acids is 1. The Kier molecular flexibility index (Phi) is 6.37. The monoisotopic (exact) mass is 384 g/mol. The van der Waals surface area contributed by atoms with Gasteiger partial charge < -0.3 is 18.8 Å². The average molecular weight is 384 g/mol. The Morgan fingerprint density at radius 1 is 1.11 bits per heavy atom. The van der Waals surface area contributed by atoms with Crippen LogP contribution in [0.1, 0.15) is 12.8 Å². The molecule has 28 heavy (non-hydrogen) atoms. The van der Waals surface area contributed by atoms with Crippen molar-refractivity contribution in [2.24, 2.45) is 0 Å². The smallest absolute Gasteiger partial charge is 0.419 e. The van der Waals surface area contributed by atoms with E-state index in [4.69, 9.17) is 13.9 Å². The van der Waals surface area contributed by atoms with E-state index >= 15 is 0 Å². The first-order valence-electron chi connectivity index (χ1n) is 9.17. The van der Waals surface area contributed by atoms with Crippen molar-refractivity contribution in [1.29, 1.82) is 0 Å². The summed E-state index contributed by atoms with van der Waals surface area (Å²) in [7, 11) is 3.36. The van der Waals surface area contributed by atoms with Crippen molar-refractivity contribution < 1.29 is 18.7 Å². The van der Waals surface area contributed by atoms with E-state index in [1.54, 1.807) is 29.7 Å². The first-order valence-corrected chi connectivity index (χ1v) is 9.17. The van der Waals surface area contributed by atoms with Crippen LogP contribution in [-0.4, -0.2) is 42.7 Å². The zero-order valence-corrected chi connectivity index (χ0v) is 16.1. The number of hydrogen-bond donors (Lipinski definition) is 0. The molecule has 148 valence electrons. The Balaban J connectivity index is 1.42. The number of amides is 1. The normalized spacial score (nSPS) is 10.8. The third kappa shape index (κ3) is 4.73. The molecule has 2 aromatic carbocycles. The number of aryl methyl sites for hydroxylation is 1. The number of para-hydroxylation sites is 2. The number of carbonyl (C=O) groups is 1. The van der Waals surface area contributed by atoms with Crippen molar-refractivity contribution in [3.63, 3.8) is 0 Å². The summed E-state index contributed by atoms with van der Waals surface area (Å²) in [5.41, 5.74) is 1.31. The molecule has 0 saturated heterocycles. The van der Waals surface area contributed by atoms with E-state index in [1.807, 2.05) is 42.5 Å². The summed E-state index contributed by atoms with van der Waals surface area (Å²) in [6.45, 7) is 1.33. The minimum absolute atomic E-state index is 0.0131. The van der Waals surface area contributed by atoms with Gasteiger partial charge in [0.05, 0.1) is 19.2 Å². The fourth-order valence-corrected chi connectivity index (χ4v) is 2.90. The summed E-state index contributed by atoms with van der Waals surface area (Å²) >= 11 is 0. The molecular weight excluding hydrogens is 360 g/mol. The van der Waals surface area contributed by atoms with Gasteiger partial charge >= 0.3 is 5.76 Å². The van der Waals surface area contributed by atoms with Crippen molar-refractivity contribution in [3.8, 4) is 11.5 Å². The van der Waals surface area contributed by atoms with Gasteiger partial charge in [0, 0.05) is 20.0 Å². The Bertz CT molecular complexity index is 974. The van der Waals surface area contributed by atoms with Gasteiger partial charge in [-0.3, -0.25) is 9.36 Å². The highest BCUT2D eigenvalue weighted by molar-refractivity contribution is 5.76. The van der Waals surface area contributed by atoms with Gasteiger partial charge in [0.1, 0.15) is 18.1 Å². The van der Waals surface area contributed by atoms with E-state index < -0.39 is 5.76 Å². The summed E-state index contributed by atoms with van der Waals surface area (Å²) in [5.74, 6) is 1.12. The molecule has 0 bridgehead atoms. The van der Waals surface area contributed by atoms with Crippen LogP contribution in [0.15, 0.2) is 57.7 Å². The molecule has 3 rings (SSSR count). The quantitative estimate of drug-likeness (QED) is 0.567. The minimum Gasteiger partial charge on any atom is -0.497 e. The highest BCUT2D eigenvalue weighted by Gasteiger charge is 2.11. The van der Waals surface area contributed by atoms with Gasteiger partial charge in [0.25, 0.3) is 0 Å². The van der Waals surface area contributed by atoms with Crippen LogP contribution in [-0.2, 0) is 11.3 Å². The first-order chi connectivity index (χ1) is 13.6. The van der Waals surface area contributed by atoms with Crippen molar-refractivity contribution in [1.82, 2.24) is 9.47 Å². The maximum absolute atomic E-state index is 12.3. The number of rotatable bonds is 9. The number of ether oxygens (including phenoxy) is 2. The number of nitrogens with zero attached hydrogens (tertiary/aromatic N) is 2. The van der Waals surface area contributed by atoms with Crippen LogP contribution in [0.4, 0.5) is 0 Å². The molecule has 0 unspecified atom stereocenters. The highest BCUT2D eigenvalue weighted by atomic mass is 16.5. The maximum atomic E-state index is 12.3. The standard InChI is InChI=1S/C21H24N2O5/c1-22(14-15-27-17-11-9-16(26-2)10-12-17)20(24)8-5-13-23-18-6-3-4-7-19(18)28-21(23)25/h3-4,6-7,9-12H,5,8,13-15H2,1-2H3. The van der Waals surface area contributed by atoms with E-state index in [0.717, 1.165) is 17.0 Å². The molecule has 1 aromatic heterocycles. The van der Waals surface area contributed by atoms with Gasteiger partial charge in [0.2, 0.25) is 5.91 Å².